The standard InChI is InChI=1S/C21H23N5O5/c1-28-16-10-13(2-3-15(16)30-9-6-26-4-7-29-8-5-26)17-14(11-22)19(23)31-21-18(17)20(27)24-12-25-21/h2-3,10,12,17H,4-9,23H2,1H3,(H,24,25,27). The lowest BCUT2D eigenvalue weighted by atomic mass is 9.85. The molecule has 162 valence electrons. The summed E-state index contributed by atoms with van der Waals surface area (Å²) < 4.78 is 22.2. The topological polar surface area (TPSA) is 136 Å². The molecule has 10 heteroatoms. The van der Waals surface area contributed by atoms with Crippen molar-refractivity contribution in [1.82, 2.24) is 14.9 Å². The second-order valence-corrected chi connectivity index (χ2v) is 7.09. The molecule has 0 bridgehead atoms. The molecule has 2 aliphatic rings. The van der Waals surface area contributed by atoms with E-state index in [1.807, 2.05) is 0 Å². The summed E-state index contributed by atoms with van der Waals surface area (Å²) in [5.41, 5.74) is 6.52. The molecule has 1 fully saturated rings. The molecule has 0 amide bonds. The van der Waals surface area contributed by atoms with Crippen LogP contribution < -0.4 is 25.5 Å². The van der Waals surface area contributed by atoms with Crippen LogP contribution in [-0.2, 0) is 4.74 Å². The number of H-pyrrole nitrogens is 1. The van der Waals surface area contributed by atoms with E-state index in [1.165, 1.54) is 13.4 Å². The largest absolute Gasteiger partial charge is 0.493 e. The smallest absolute Gasteiger partial charge is 0.258 e. The summed E-state index contributed by atoms with van der Waals surface area (Å²) in [6, 6.07) is 7.33. The summed E-state index contributed by atoms with van der Waals surface area (Å²) in [6.07, 6.45) is 1.23. The van der Waals surface area contributed by atoms with Crippen LogP contribution in [-0.4, -0.2) is 61.4 Å². The number of benzene rings is 1. The number of morpholine rings is 1. The Kier molecular flexibility index (Phi) is 6.06. The first-order valence-corrected chi connectivity index (χ1v) is 9.88. The molecular weight excluding hydrogens is 402 g/mol. The van der Waals surface area contributed by atoms with Gasteiger partial charge in [0, 0.05) is 19.6 Å². The number of aromatic amines is 1. The van der Waals surface area contributed by atoms with Crippen molar-refractivity contribution in [3.63, 3.8) is 0 Å². The number of hydrogen-bond acceptors (Lipinski definition) is 9. The molecule has 1 aromatic carbocycles. The second-order valence-electron chi connectivity index (χ2n) is 7.09. The van der Waals surface area contributed by atoms with Gasteiger partial charge in [-0.2, -0.15) is 5.26 Å². The third-order valence-electron chi connectivity index (χ3n) is 5.31. The number of hydrogen-bond donors (Lipinski definition) is 2. The van der Waals surface area contributed by atoms with Crippen LogP contribution in [0.25, 0.3) is 0 Å². The number of rotatable bonds is 6. The Balaban J connectivity index is 1.61. The predicted octanol–water partition coefficient (Wildman–Crippen LogP) is 0.708. The highest BCUT2D eigenvalue weighted by Crippen LogP contribution is 2.41. The van der Waals surface area contributed by atoms with Crippen LogP contribution in [0, 0.1) is 11.3 Å². The maximum Gasteiger partial charge on any atom is 0.258 e. The minimum absolute atomic E-state index is 0.0788. The lowest BCUT2D eigenvalue weighted by molar-refractivity contribution is 0.0321. The highest BCUT2D eigenvalue weighted by Gasteiger charge is 2.34. The fraction of sp³-hybridized carbons (Fsp3) is 0.381. The number of ether oxygens (including phenoxy) is 4. The van der Waals surface area contributed by atoms with Crippen LogP contribution in [0.15, 0.2) is 40.8 Å². The van der Waals surface area contributed by atoms with E-state index in [-0.39, 0.29) is 22.9 Å². The number of fused-ring (bicyclic) bond motifs is 1. The predicted molar refractivity (Wildman–Crippen MR) is 110 cm³/mol. The fourth-order valence-corrected chi connectivity index (χ4v) is 3.72. The molecule has 3 heterocycles. The zero-order valence-electron chi connectivity index (χ0n) is 17.1. The Morgan fingerprint density at radius 3 is 2.90 bits per heavy atom. The van der Waals surface area contributed by atoms with Gasteiger partial charge in [-0.15, -0.1) is 0 Å². The van der Waals surface area contributed by atoms with E-state index >= 15 is 0 Å². The zero-order chi connectivity index (χ0) is 21.8. The lowest BCUT2D eigenvalue weighted by Gasteiger charge is -2.26. The van der Waals surface area contributed by atoms with Crippen molar-refractivity contribution in [3.8, 4) is 23.4 Å². The van der Waals surface area contributed by atoms with Crippen LogP contribution >= 0.6 is 0 Å². The monoisotopic (exact) mass is 425 g/mol. The van der Waals surface area contributed by atoms with Crippen LogP contribution in [0.2, 0.25) is 0 Å². The Bertz CT molecular complexity index is 1080. The zero-order valence-corrected chi connectivity index (χ0v) is 17.1. The summed E-state index contributed by atoms with van der Waals surface area (Å²) in [7, 11) is 1.54. The van der Waals surface area contributed by atoms with Gasteiger partial charge >= 0.3 is 0 Å². The Labute approximate surface area is 178 Å². The van der Waals surface area contributed by atoms with Crippen molar-refractivity contribution in [2.45, 2.75) is 5.92 Å². The van der Waals surface area contributed by atoms with Crippen molar-refractivity contribution in [3.05, 3.63) is 57.5 Å². The van der Waals surface area contributed by atoms with Crippen LogP contribution in [0.4, 0.5) is 0 Å². The van der Waals surface area contributed by atoms with Crippen molar-refractivity contribution in [2.75, 3.05) is 46.6 Å². The number of nitriles is 1. The van der Waals surface area contributed by atoms with E-state index in [0.29, 0.717) is 23.7 Å². The third-order valence-corrected chi connectivity index (χ3v) is 5.31. The first-order chi connectivity index (χ1) is 15.1. The Morgan fingerprint density at radius 1 is 1.35 bits per heavy atom. The van der Waals surface area contributed by atoms with Gasteiger partial charge < -0.3 is 29.7 Å². The second kappa shape index (κ2) is 9.07. The van der Waals surface area contributed by atoms with Gasteiger partial charge in [-0.05, 0) is 17.7 Å². The van der Waals surface area contributed by atoms with Gasteiger partial charge in [-0.1, -0.05) is 6.07 Å². The van der Waals surface area contributed by atoms with Gasteiger partial charge in [0.05, 0.1) is 38.1 Å². The molecule has 31 heavy (non-hydrogen) atoms. The molecule has 0 aliphatic carbocycles. The molecular formula is C21H23N5O5. The average molecular weight is 425 g/mol. The first kappa shape index (κ1) is 20.7. The first-order valence-electron chi connectivity index (χ1n) is 9.88. The van der Waals surface area contributed by atoms with Gasteiger partial charge in [0.1, 0.15) is 18.2 Å². The minimum Gasteiger partial charge on any atom is -0.493 e. The van der Waals surface area contributed by atoms with Crippen molar-refractivity contribution >= 4 is 0 Å². The van der Waals surface area contributed by atoms with Gasteiger partial charge in [-0.3, -0.25) is 9.69 Å². The minimum atomic E-state index is -0.734. The third kappa shape index (κ3) is 4.19. The summed E-state index contributed by atoms with van der Waals surface area (Å²) in [5, 5.41) is 9.66. The molecule has 0 saturated carbocycles. The number of methoxy groups -OCH3 is 1. The number of allylic oxidation sites excluding steroid dienone is 1. The molecule has 2 aliphatic heterocycles. The molecule has 3 N–H and O–H groups in total. The molecule has 1 saturated heterocycles. The Hall–Kier alpha value is -3.55. The number of aromatic nitrogens is 2. The quantitative estimate of drug-likeness (QED) is 0.685. The summed E-state index contributed by atoms with van der Waals surface area (Å²) >= 11 is 0. The summed E-state index contributed by atoms with van der Waals surface area (Å²) in [4.78, 5) is 21.4. The van der Waals surface area contributed by atoms with E-state index in [2.05, 4.69) is 20.9 Å². The fourth-order valence-electron chi connectivity index (χ4n) is 3.72. The summed E-state index contributed by atoms with van der Waals surface area (Å²) in [5.74, 6) is 0.325. The lowest BCUT2D eigenvalue weighted by Crippen LogP contribution is -2.38. The van der Waals surface area contributed by atoms with Gasteiger partial charge in [0.25, 0.3) is 5.56 Å². The highest BCUT2D eigenvalue weighted by atomic mass is 16.5. The van der Waals surface area contributed by atoms with E-state index in [1.54, 1.807) is 18.2 Å². The summed E-state index contributed by atoms with van der Waals surface area (Å²) in [6.45, 7) is 4.51. The normalized spacial score (nSPS) is 18.6. The molecule has 10 nitrogen and oxygen atoms in total. The molecule has 0 spiro atoms. The molecule has 1 unspecified atom stereocenters. The molecule has 0 radical (unpaired) electrons. The van der Waals surface area contributed by atoms with Crippen molar-refractivity contribution in [2.24, 2.45) is 5.73 Å². The maximum atomic E-state index is 12.5. The van der Waals surface area contributed by atoms with Gasteiger partial charge in [-0.25, -0.2) is 4.98 Å². The molecule has 2 aromatic rings. The van der Waals surface area contributed by atoms with Crippen LogP contribution in [0.3, 0.4) is 0 Å². The SMILES string of the molecule is COc1cc(C2C(C#N)=C(N)Oc3nc[nH]c(=O)c32)ccc1OCCN1CCOCC1. The number of nitrogens with zero attached hydrogens (tertiary/aromatic N) is 3. The maximum absolute atomic E-state index is 12.5. The van der Waals surface area contributed by atoms with Crippen LogP contribution in [0.1, 0.15) is 17.0 Å². The van der Waals surface area contributed by atoms with Crippen LogP contribution in [0.5, 0.6) is 17.4 Å². The molecule has 1 aromatic heterocycles. The van der Waals surface area contributed by atoms with Gasteiger partial charge in [0.2, 0.25) is 11.8 Å². The van der Waals surface area contributed by atoms with Crippen molar-refractivity contribution in [1.29, 1.82) is 5.26 Å². The molecule has 4 rings (SSSR count). The molecule has 1 atom stereocenters. The number of nitrogens with one attached hydrogen (secondary N) is 1. The van der Waals surface area contributed by atoms with E-state index < -0.39 is 11.5 Å². The highest BCUT2D eigenvalue weighted by molar-refractivity contribution is 5.55. The average Bonchev–Trinajstić information content (AvgIpc) is 2.79. The van der Waals surface area contributed by atoms with E-state index in [4.69, 9.17) is 24.7 Å². The van der Waals surface area contributed by atoms with E-state index in [9.17, 15) is 10.1 Å². The number of nitrogens with two attached hydrogens (primary N) is 1. The van der Waals surface area contributed by atoms with Gasteiger partial charge in [0.15, 0.2) is 11.5 Å². The Morgan fingerprint density at radius 2 is 2.16 bits per heavy atom. The van der Waals surface area contributed by atoms with E-state index in [0.717, 1.165) is 32.8 Å². The van der Waals surface area contributed by atoms with Crippen molar-refractivity contribution < 1.29 is 18.9 Å².